The van der Waals surface area contributed by atoms with Gasteiger partial charge < -0.3 is 5.32 Å². The van der Waals surface area contributed by atoms with Gasteiger partial charge in [0.05, 0.1) is 11.9 Å². The molecule has 0 unspecified atom stereocenters. The normalized spacial score (nSPS) is 11.0. The average molecular weight is 343 g/mol. The van der Waals surface area contributed by atoms with E-state index in [-0.39, 0.29) is 0 Å². The van der Waals surface area contributed by atoms with Crippen molar-refractivity contribution >= 4 is 11.5 Å². The maximum atomic E-state index is 4.85. The van der Waals surface area contributed by atoms with Gasteiger partial charge in [-0.2, -0.15) is 9.61 Å². The Morgan fingerprint density at radius 1 is 1.04 bits per heavy atom. The molecule has 0 saturated heterocycles. The summed E-state index contributed by atoms with van der Waals surface area (Å²) in [6.45, 7) is 4.80. The summed E-state index contributed by atoms with van der Waals surface area (Å²) in [5, 5.41) is 8.02. The number of aromatic nitrogens is 4. The molecule has 0 saturated carbocycles. The Balaban J connectivity index is 1.74. The lowest BCUT2D eigenvalue weighted by atomic mass is 10.1. The smallest absolute Gasteiger partial charge is 0.161 e. The number of rotatable bonds is 5. The third kappa shape index (κ3) is 3.16. The Kier molecular flexibility index (Phi) is 4.35. The largest absolute Gasteiger partial charge is 0.366 e. The zero-order chi connectivity index (χ0) is 17.9. The Labute approximate surface area is 152 Å². The molecule has 1 N–H and O–H groups in total. The Bertz CT molecular complexity index is 1020. The van der Waals surface area contributed by atoms with Gasteiger partial charge >= 0.3 is 0 Å². The number of benzene rings is 1. The van der Waals surface area contributed by atoms with Crippen LogP contribution in [0, 0.1) is 6.92 Å². The molecule has 26 heavy (non-hydrogen) atoms. The van der Waals surface area contributed by atoms with E-state index in [9.17, 15) is 0 Å². The number of nitrogens with zero attached hydrogens (tertiary/aromatic N) is 4. The molecule has 5 heteroatoms. The van der Waals surface area contributed by atoms with Crippen LogP contribution in [0.4, 0.5) is 5.82 Å². The molecule has 5 nitrogen and oxygen atoms in total. The summed E-state index contributed by atoms with van der Waals surface area (Å²) < 4.78 is 1.88. The molecule has 0 bridgehead atoms. The van der Waals surface area contributed by atoms with Gasteiger partial charge in [0.2, 0.25) is 0 Å². The first-order valence-corrected chi connectivity index (χ1v) is 8.83. The Hall–Kier alpha value is -3.21. The molecule has 0 aliphatic carbocycles. The van der Waals surface area contributed by atoms with Crippen LogP contribution in [0.5, 0.6) is 0 Å². The second kappa shape index (κ2) is 6.96. The summed E-state index contributed by atoms with van der Waals surface area (Å²) >= 11 is 0. The lowest BCUT2D eigenvalue weighted by molar-refractivity contribution is 0.924. The molecule has 3 heterocycles. The fourth-order valence-electron chi connectivity index (χ4n) is 2.94. The van der Waals surface area contributed by atoms with Gasteiger partial charge in [-0.15, -0.1) is 0 Å². The van der Waals surface area contributed by atoms with Gasteiger partial charge in [0.1, 0.15) is 5.82 Å². The zero-order valence-electron chi connectivity index (χ0n) is 15.0. The predicted molar refractivity (Wildman–Crippen MR) is 104 cm³/mol. The topological polar surface area (TPSA) is 55.1 Å². The quantitative estimate of drug-likeness (QED) is 0.588. The van der Waals surface area contributed by atoms with Gasteiger partial charge in [-0.05, 0) is 25.0 Å². The first-order chi connectivity index (χ1) is 12.7. The number of pyridine rings is 1. The molecule has 1 aromatic carbocycles. The second-order valence-corrected chi connectivity index (χ2v) is 6.31. The van der Waals surface area contributed by atoms with Crippen molar-refractivity contribution in [1.82, 2.24) is 19.6 Å². The number of nitrogens with one attached hydrogen (secondary N) is 1. The van der Waals surface area contributed by atoms with Gasteiger partial charge in [0.15, 0.2) is 5.65 Å². The van der Waals surface area contributed by atoms with Crippen LogP contribution in [0.3, 0.4) is 0 Å². The van der Waals surface area contributed by atoms with E-state index >= 15 is 0 Å². The van der Waals surface area contributed by atoms with Crippen LogP contribution < -0.4 is 5.32 Å². The number of anilines is 1. The van der Waals surface area contributed by atoms with E-state index in [1.54, 1.807) is 0 Å². The number of hydrogen-bond acceptors (Lipinski definition) is 4. The summed E-state index contributed by atoms with van der Waals surface area (Å²) in [4.78, 5) is 9.21. The minimum absolute atomic E-state index is 0.682. The van der Waals surface area contributed by atoms with Crippen LogP contribution in [0.15, 0.2) is 60.9 Å². The molecule has 4 aromatic rings. The van der Waals surface area contributed by atoms with Crippen LogP contribution in [0.2, 0.25) is 0 Å². The predicted octanol–water partition coefficient (Wildman–Crippen LogP) is 4.27. The highest BCUT2D eigenvalue weighted by molar-refractivity contribution is 5.67. The van der Waals surface area contributed by atoms with Crippen molar-refractivity contribution in [2.24, 2.45) is 0 Å². The van der Waals surface area contributed by atoms with Crippen molar-refractivity contribution in [2.75, 3.05) is 5.32 Å². The van der Waals surface area contributed by atoms with E-state index in [0.29, 0.717) is 6.54 Å². The van der Waals surface area contributed by atoms with Crippen molar-refractivity contribution in [3.63, 3.8) is 0 Å². The maximum absolute atomic E-state index is 4.85. The Morgan fingerprint density at radius 3 is 2.62 bits per heavy atom. The number of hydrogen-bond donors (Lipinski definition) is 1. The van der Waals surface area contributed by atoms with Crippen molar-refractivity contribution in [3.8, 4) is 11.3 Å². The maximum Gasteiger partial charge on any atom is 0.161 e. The third-order valence-electron chi connectivity index (χ3n) is 4.44. The third-order valence-corrected chi connectivity index (χ3v) is 4.44. The van der Waals surface area contributed by atoms with Gasteiger partial charge in [-0.3, -0.25) is 4.98 Å². The number of fused-ring (bicyclic) bond motifs is 1. The molecule has 0 aliphatic heterocycles. The SMILES string of the molecule is CCc1cnn2c(NCc3ccc(C)nc3)cc(-c3ccccc3)nc12. The molecule has 0 atom stereocenters. The summed E-state index contributed by atoms with van der Waals surface area (Å²) in [5.41, 5.74) is 6.23. The molecule has 3 aromatic heterocycles. The molecule has 0 amide bonds. The van der Waals surface area contributed by atoms with E-state index in [0.717, 1.165) is 46.0 Å². The van der Waals surface area contributed by atoms with E-state index in [4.69, 9.17) is 4.98 Å². The van der Waals surface area contributed by atoms with Crippen molar-refractivity contribution in [2.45, 2.75) is 26.8 Å². The summed E-state index contributed by atoms with van der Waals surface area (Å²) in [7, 11) is 0. The molecule has 4 rings (SSSR count). The highest BCUT2D eigenvalue weighted by atomic mass is 15.3. The van der Waals surface area contributed by atoms with E-state index in [1.165, 1.54) is 0 Å². The average Bonchev–Trinajstić information content (AvgIpc) is 3.11. The van der Waals surface area contributed by atoms with Crippen molar-refractivity contribution < 1.29 is 0 Å². The molecule has 0 aliphatic rings. The van der Waals surface area contributed by atoms with E-state index in [1.807, 2.05) is 48.1 Å². The standard InChI is InChI=1S/C21H21N5/c1-3-17-14-24-26-20(23-13-16-10-9-15(2)22-12-16)11-19(25-21(17)26)18-7-5-4-6-8-18/h4-12,14,23H,3,13H2,1-2H3. The van der Waals surface area contributed by atoms with Crippen LogP contribution in [-0.2, 0) is 13.0 Å². The lowest BCUT2D eigenvalue weighted by Crippen LogP contribution is -2.07. The minimum atomic E-state index is 0.682. The fraction of sp³-hybridized carbons (Fsp3) is 0.190. The molecule has 0 radical (unpaired) electrons. The first kappa shape index (κ1) is 16.3. The summed E-state index contributed by atoms with van der Waals surface area (Å²) in [6.07, 6.45) is 4.70. The zero-order valence-corrected chi connectivity index (χ0v) is 15.0. The number of aryl methyl sites for hydroxylation is 2. The molecular formula is C21H21N5. The van der Waals surface area contributed by atoms with Gasteiger partial charge in [0, 0.05) is 35.6 Å². The molecular weight excluding hydrogens is 322 g/mol. The van der Waals surface area contributed by atoms with Gasteiger partial charge in [0.25, 0.3) is 0 Å². The van der Waals surface area contributed by atoms with Gasteiger partial charge in [-0.25, -0.2) is 4.98 Å². The summed E-state index contributed by atoms with van der Waals surface area (Å²) in [6, 6.07) is 16.4. The first-order valence-electron chi connectivity index (χ1n) is 8.83. The van der Waals surface area contributed by atoms with E-state index in [2.05, 4.69) is 46.6 Å². The summed E-state index contributed by atoms with van der Waals surface area (Å²) in [5.74, 6) is 0.925. The van der Waals surface area contributed by atoms with Crippen molar-refractivity contribution in [3.05, 3.63) is 77.7 Å². The van der Waals surface area contributed by atoms with Crippen molar-refractivity contribution in [1.29, 1.82) is 0 Å². The van der Waals surface area contributed by atoms with Crippen LogP contribution in [-0.4, -0.2) is 19.6 Å². The Morgan fingerprint density at radius 2 is 1.88 bits per heavy atom. The minimum Gasteiger partial charge on any atom is -0.366 e. The second-order valence-electron chi connectivity index (χ2n) is 6.31. The molecule has 0 fully saturated rings. The molecule has 130 valence electrons. The van der Waals surface area contributed by atoms with Crippen LogP contribution >= 0.6 is 0 Å². The van der Waals surface area contributed by atoms with Crippen LogP contribution in [0.25, 0.3) is 16.9 Å². The van der Waals surface area contributed by atoms with Gasteiger partial charge in [-0.1, -0.05) is 43.3 Å². The molecule has 0 spiro atoms. The van der Waals surface area contributed by atoms with E-state index < -0.39 is 0 Å². The van der Waals surface area contributed by atoms with Crippen LogP contribution in [0.1, 0.15) is 23.7 Å². The monoisotopic (exact) mass is 343 g/mol. The highest BCUT2D eigenvalue weighted by Gasteiger charge is 2.11. The lowest BCUT2D eigenvalue weighted by Gasteiger charge is -2.11. The fourth-order valence-corrected chi connectivity index (χ4v) is 2.94. The highest BCUT2D eigenvalue weighted by Crippen LogP contribution is 2.24.